The van der Waals surface area contributed by atoms with Crippen molar-refractivity contribution in [1.82, 2.24) is 0 Å². The Kier molecular flexibility index (Phi) is 4.74. The molecule has 3 heteroatoms. The summed E-state index contributed by atoms with van der Waals surface area (Å²) in [6.45, 7) is 4.73. The van der Waals surface area contributed by atoms with Crippen molar-refractivity contribution in [2.24, 2.45) is 5.73 Å². The van der Waals surface area contributed by atoms with Gasteiger partial charge in [0.1, 0.15) is 5.82 Å². The van der Waals surface area contributed by atoms with Gasteiger partial charge in [0, 0.05) is 6.54 Å². The van der Waals surface area contributed by atoms with Crippen molar-refractivity contribution < 1.29 is 4.39 Å². The van der Waals surface area contributed by atoms with Crippen LogP contribution in [-0.2, 0) is 0 Å². The Bertz CT molecular complexity index is 549. The lowest BCUT2D eigenvalue weighted by atomic mass is 9.99. The second kappa shape index (κ2) is 6.53. The average Bonchev–Trinajstić information content (AvgIpc) is 2.46. The molecule has 106 valence electrons. The highest BCUT2D eigenvalue weighted by Crippen LogP contribution is 2.23. The van der Waals surface area contributed by atoms with Crippen LogP contribution in [0, 0.1) is 5.82 Å². The van der Waals surface area contributed by atoms with Gasteiger partial charge >= 0.3 is 0 Å². The van der Waals surface area contributed by atoms with Crippen molar-refractivity contribution in [1.29, 1.82) is 0 Å². The van der Waals surface area contributed by atoms with E-state index in [1.807, 2.05) is 0 Å². The number of rotatable bonds is 5. The summed E-state index contributed by atoms with van der Waals surface area (Å²) in [5.74, 6) is 0.240. The van der Waals surface area contributed by atoms with E-state index >= 15 is 0 Å². The first kappa shape index (κ1) is 14.5. The molecule has 0 radical (unpaired) electrons. The fourth-order valence-electron chi connectivity index (χ4n) is 2.16. The topological polar surface area (TPSA) is 38.0 Å². The lowest BCUT2D eigenvalue weighted by Crippen LogP contribution is -2.21. The Morgan fingerprint density at radius 3 is 2.15 bits per heavy atom. The number of hydrogen-bond donors (Lipinski definition) is 2. The van der Waals surface area contributed by atoms with Crippen LogP contribution in [0.15, 0.2) is 48.5 Å². The van der Waals surface area contributed by atoms with Gasteiger partial charge in [-0.15, -0.1) is 0 Å². The number of benzene rings is 2. The van der Waals surface area contributed by atoms with Crippen LogP contribution in [0.1, 0.15) is 36.9 Å². The summed E-state index contributed by atoms with van der Waals surface area (Å²) in [5.41, 5.74) is 8.65. The highest BCUT2D eigenvalue weighted by Gasteiger charge is 2.11. The highest BCUT2D eigenvalue weighted by molar-refractivity contribution is 5.47. The third-order valence-electron chi connectivity index (χ3n) is 3.44. The molecule has 0 saturated heterocycles. The van der Waals surface area contributed by atoms with Crippen molar-refractivity contribution >= 4 is 5.69 Å². The maximum absolute atomic E-state index is 13.7. The Balaban J connectivity index is 2.18. The summed E-state index contributed by atoms with van der Waals surface area (Å²) >= 11 is 0. The van der Waals surface area contributed by atoms with Gasteiger partial charge < -0.3 is 11.1 Å². The summed E-state index contributed by atoms with van der Waals surface area (Å²) in [6.07, 6.45) is 0. The molecule has 0 fully saturated rings. The van der Waals surface area contributed by atoms with Crippen molar-refractivity contribution in [3.8, 4) is 0 Å². The summed E-state index contributed by atoms with van der Waals surface area (Å²) in [4.78, 5) is 0. The monoisotopic (exact) mass is 272 g/mol. The minimum atomic E-state index is -0.259. The maximum Gasteiger partial charge on any atom is 0.146 e. The molecule has 3 N–H and O–H groups in total. The predicted octanol–water partition coefficient (Wildman–Crippen LogP) is 4.06. The van der Waals surface area contributed by atoms with Gasteiger partial charge in [0.05, 0.1) is 11.7 Å². The molecule has 0 heterocycles. The predicted molar refractivity (Wildman–Crippen MR) is 82.3 cm³/mol. The first-order chi connectivity index (χ1) is 9.61. The molecule has 2 rings (SSSR count). The maximum atomic E-state index is 13.7. The van der Waals surface area contributed by atoms with Crippen LogP contribution in [0.3, 0.4) is 0 Å². The molecule has 20 heavy (non-hydrogen) atoms. The zero-order valence-corrected chi connectivity index (χ0v) is 11.9. The minimum absolute atomic E-state index is 0.0897. The van der Waals surface area contributed by atoms with Crippen molar-refractivity contribution in [2.45, 2.75) is 25.8 Å². The van der Waals surface area contributed by atoms with Gasteiger partial charge in [-0.1, -0.05) is 50.2 Å². The molecule has 1 unspecified atom stereocenters. The van der Waals surface area contributed by atoms with Crippen molar-refractivity contribution in [3.63, 3.8) is 0 Å². The molecular weight excluding hydrogens is 251 g/mol. The Hall–Kier alpha value is -1.87. The number of para-hydroxylation sites is 1. The first-order valence-electron chi connectivity index (χ1n) is 6.92. The number of nitrogens with two attached hydrogens (primary N) is 1. The minimum Gasteiger partial charge on any atom is -0.375 e. The molecular formula is C17H21FN2. The van der Waals surface area contributed by atoms with Gasteiger partial charge in [-0.2, -0.15) is 0 Å². The van der Waals surface area contributed by atoms with Crippen LogP contribution >= 0.6 is 0 Å². The summed E-state index contributed by atoms with van der Waals surface area (Å²) < 4.78 is 13.7. The van der Waals surface area contributed by atoms with Gasteiger partial charge in [0.15, 0.2) is 0 Å². The quantitative estimate of drug-likeness (QED) is 0.861. The lowest BCUT2D eigenvalue weighted by Gasteiger charge is -2.19. The van der Waals surface area contributed by atoms with Crippen LogP contribution in [0.25, 0.3) is 0 Å². The molecule has 0 aliphatic heterocycles. The molecule has 2 nitrogen and oxygen atoms in total. The average molecular weight is 272 g/mol. The zero-order chi connectivity index (χ0) is 14.5. The molecule has 0 saturated carbocycles. The van der Waals surface area contributed by atoms with Crippen LogP contribution < -0.4 is 11.1 Å². The Morgan fingerprint density at radius 1 is 1.00 bits per heavy atom. The van der Waals surface area contributed by atoms with Gasteiger partial charge in [0.25, 0.3) is 0 Å². The number of hydrogen-bond acceptors (Lipinski definition) is 2. The second-order valence-corrected chi connectivity index (χ2v) is 5.23. The number of anilines is 1. The van der Waals surface area contributed by atoms with Crippen molar-refractivity contribution in [2.75, 3.05) is 11.9 Å². The van der Waals surface area contributed by atoms with E-state index in [1.165, 1.54) is 11.6 Å². The van der Waals surface area contributed by atoms with Crippen LogP contribution in [-0.4, -0.2) is 6.54 Å². The molecule has 1 atom stereocenters. The van der Waals surface area contributed by atoms with Gasteiger partial charge in [-0.25, -0.2) is 4.39 Å². The third kappa shape index (κ3) is 3.36. The summed E-state index contributed by atoms with van der Waals surface area (Å²) in [7, 11) is 0. The summed E-state index contributed by atoms with van der Waals surface area (Å²) in [5, 5.41) is 3.16. The molecule has 0 spiro atoms. The number of halogens is 1. The normalized spacial score (nSPS) is 12.4. The van der Waals surface area contributed by atoms with Crippen LogP contribution in [0.4, 0.5) is 10.1 Å². The van der Waals surface area contributed by atoms with E-state index < -0.39 is 0 Å². The number of nitrogens with one attached hydrogen (secondary N) is 1. The molecule has 0 aromatic heterocycles. The lowest BCUT2D eigenvalue weighted by molar-refractivity contribution is 0.626. The third-order valence-corrected chi connectivity index (χ3v) is 3.44. The van der Waals surface area contributed by atoms with E-state index in [9.17, 15) is 4.39 Å². The Labute approximate surface area is 119 Å². The summed E-state index contributed by atoms with van der Waals surface area (Å²) in [6, 6.07) is 14.9. The fourth-order valence-corrected chi connectivity index (χ4v) is 2.16. The van der Waals surface area contributed by atoms with Crippen molar-refractivity contribution in [3.05, 3.63) is 65.5 Å². The van der Waals surface area contributed by atoms with Crippen LogP contribution in [0.5, 0.6) is 0 Å². The fraction of sp³-hybridized carbons (Fsp3) is 0.294. The van der Waals surface area contributed by atoms with E-state index in [1.54, 1.807) is 18.2 Å². The van der Waals surface area contributed by atoms with E-state index in [0.717, 1.165) is 5.56 Å². The van der Waals surface area contributed by atoms with E-state index in [0.29, 0.717) is 18.2 Å². The first-order valence-corrected chi connectivity index (χ1v) is 6.92. The molecule has 2 aromatic carbocycles. The molecule has 0 aliphatic rings. The SMILES string of the molecule is CC(C)c1ccc(C(CN)Nc2ccccc2F)cc1. The largest absolute Gasteiger partial charge is 0.375 e. The van der Waals surface area contributed by atoms with E-state index in [-0.39, 0.29) is 11.9 Å². The zero-order valence-electron chi connectivity index (χ0n) is 11.9. The highest BCUT2D eigenvalue weighted by atomic mass is 19.1. The van der Waals surface area contributed by atoms with E-state index in [2.05, 4.69) is 43.4 Å². The molecule has 0 aliphatic carbocycles. The van der Waals surface area contributed by atoms with Gasteiger partial charge in [-0.05, 0) is 29.2 Å². The van der Waals surface area contributed by atoms with Gasteiger partial charge in [0.2, 0.25) is 0 Å². The smallest absolute Gasteiger partial charge is 0.146 e. The van der Waals surface area contributed by atoms with E-state index in [4.69, 9.17) is 5.73 Å². The molecule has 0 bridgehead atoms. The second-order valence-electron chi connectivity index (χ2n) is 5.23. The standard InChI is InChI=1S/C17H21FN2/c1-12(2)13-7-9-14(10-8-13)17(11-19)20-16-6-4-3-5-15(16)18/h3-10,12,17,20H,11,19H2,1-2H3. The molecule has 2 aromatic rings. The van der Waals surface area contributed by atoms with Crippen LogP contribution in [0.2, 0.25) is 0 Å². The van der Waals surface area contributed by atoms with Gasteiger partial charge in [-0.3, -0.25) is 0 Å². The molecule has 0 amide bonds. The Morgan fingerprint density at radius 2 is 1.60 bits per heavy atom.